The van der Waals surface area contributed by atoms with Crippen LogP contribution < -0.4 is 5.32 Å². The fourth-order valence-electron chi connectivity index (χ4n) is 1.72. The van der Waals surface area contributed by atoms with Crippen LogP contribution in [0, 0.1) is 0 Å². The summed E-state index contributed by atoms with van der Waals surface area (Å²) in [7, 11) is 0. The van der Waals surface area contributed by atoms with Crippen LogP contribution in [0.1, 0.15) is 26.3 Å². The van der Waals surface area contributed by atoms with Crippen molar-refractivity contribution >= 4 is 6.09 Å². The molecule has 2 N–H and O–H groups in total. The number of benzene rings is 1. The Hall–Kier alpha value is -1.81. The van der Waals surface area contributed by atoms with Crippen molar-refractivity contribution in [1.82, 2.24) is 5.32 Å². The molecule has 0 fully saturated rings. The summed E-state index contributed by atoms with van der Waals surface area (Å²) in [5.74, 6) is 0. The van der Waals surface area contributed by atoms with E-state index >= 15 is 0 Å². The molecule has 1 rings (SSSR count). The third kappa shape index (κ3) is 6.95. The van der Waals surface area contributed by atoms with Crippen LogP contribution in [0.15, 0.2) is 42.5 Å². The van der Waals surface area contributed by atoms with Crippen LogP contribution in [0.25, 0.3) is 0 Å². The van der Waals surface area contributed by atoms with Gasteiger partial charge in [0.1, 0.15) is 5.60 Å². The lowest BCUT2D eigenvalue weighted by Crippen LogP contribution is -2.39. The van der Waals surface area contributed by atoms with Crippen LogP contribution >= 0.6 is 0 Å². The van der Waals surface area contributed by atoms with E-state index in [0.29, 0.717) is 6.42 Å². The van der Waals surface area contributed by atoms with Crippen molar-refractivity contribution in [2.75, 3.05) is 6.61 Å². The molecule has 0 radical (unpaired) electrons. The molecule has 0 aromatic heterocycles. The monoisotopic (exact) mass is 277 g/mol. The Balaban J connectivity index is 2.65. The second-order valence-electron chi connectivity index (χ2n) is 5.55. The standard InChI is InChI=1S/C16H23NO3/c1-16(2,3)20-15(19)17-14(10-7-11-18)12-13-8-5-4-6-9-13/h4-10,14,18H,11-12H2,1-3H3,(H,17,19)/b10-7+/t14-/m1/s1. The van der Waals surface area contributed by atoms with Crippen molar-refractivity contribution in [2.24, 2.45) is 0 Å². The highest BCUT2D eigenvalue weighted by atomic mass is 16.6. The van der Waals surface area contributed by atoms with Crippen molar-refractivity contribution in [1.29, 1.82) is 0 Å². The molecule has 0 saturated heterocycles. The molecule has 0 spiro atoms. The molecule has 1 atom stereocenters. The van der Waals surface area contributed by atoms with E-state index in [1.54, 1.807) is 12.2 Å². The van der Waals surface area contributed by atoms with Crippen LogP contribution in [0.2, 0.25) is 0 Å². The zero-order valence-corrected chi connectivity index (χ0v) is 12.3. The normalized spacial score (nSPS) is 13.2. The zero-order chi connectivity index (χ0) is 15.0. The number of nitrogens with one attached hydrogen (secondary N) is 1. The maximum Gasteiger partial charge on any atom is 0.408 e. The minimum atomic E-state index is -0.526. The maximum atomic E-state index is 11.8. The fourth-order valence-corrected chi connectivity index (χ4v) is 1.72. The average molecular weight is 277 g/mol. The Morgan fingerprint density at radius 3 is 2.55 bits per heavy atom. The predicted octanol–water partition coefficient (Wildman–Crippen LogP) is 2.67. The minimum Gasteiger partial charge on any atom is -0.444 e. The molecule has 0 bridgehead atoms. The molecule has 0 saturated carbocycles. The zero-order valence-electron chi connectivity index (χ0n) is 12.3. The van der Waals surface area contributed by atoms with Gasteiger partial charge in [0.2, 0.25) is 0 Å². The molecule has 0 aliphatic heterocycles. The largest absolute Gasteiger partial charge is 0.444 e. The van der Waals surface area contributed by atoms with Crippen molar-refractivity contribution in [3.05, 3.63) is 48.0 Å². The number of hydrogen-bond acceptors (Lipinski definition) is 3. The van der Waals surface area contributed by atoms with Gasteiger partial charge >= 0.3 is 6.09 Å². The summed E-state index contributed by atoms with van der Waals surface area (Å²) < 4.78 is 5.24. The van der Waals surface area contributed by atoms with Gasteiger partial charge in [-0.25, -0.2) is 4.79 Å². The third-order valence-electron chi connectivity index (χ3n) is 2.47. The van der Waals surface area contributed by atoms with E-state index in [4.69, 9.17) is 9.84 Å². The van der Waals surface area contributed by atoms with Gasteiger partial charge in [-0.1, -0.05) is 42.5 Å². The summed E-state index contributed by atoms with van der Waals surface area (Å²) in [5.41, 5.74) is 0.582. The van der Waals surface area contributed by atoms with Crippen molar-refractivity contribution in [3.63, 3.8) is 0 Å². The SMILES string of the molecule is CC(C)(C)OC(=O)N[C@H](/C=C/CO)Cc1ccccc1. The lowest BCUT2D eigenvalue weighted by Gasteiger charge is -2.22. The van der Waals surface area contributed by atoms with Crippen LogP contribution in [0.4, 0.5) is 4.79 Å². The van der Waals surface area contributed by atoms with E-state index in [0.717, 1.165) is 5.56 Å². The van der Waals surface area contributed by atoms with Gasteiger partial charge in [0.25, 0.3) is 0 Å². The summed E-state index contributed by atoms with van der Waals surface area (Å²) in [4.78, 5) is 11.8. The van der Waals surface area contributed by atoms with E-state index in [9.17, 15) is 4.79 Å². The van der Waals surface area contributed by atoms with Crippen LogP contribution in [-0.4, -0.2) is 29.4 Å². The summed E-state index contributed by atoms with van der Waals surface area (Å²) in [5, 5.41) is 11.7. The Kier molecular flexibility index (Phi) is 6.25. The van der Waals surface area contributed by atoms with E-state index in [2.05, 4.69) is 5.32 Å². The van der Waals surface area contributed by atoms with Crippen molar-refractivity contribution in [3.8, 4) is 0 Å². The summed E-state index contributed by atoms with van der Waals surface area (Å²) in [6.45, 7) is 5.41. The highest BCUT2D eigenvalue weighted by Gasteiger charge is 2.18. The summed E-state index contributed by atoms with van der Waals surface area (Å²) >= 11 is 0. The number of amides is 1. The first-order valence-corrected chi connectivity index (χ1v) is 6.71. The Morgan fingerprint density at radius 1 is 1.35 bits per heavy atom. The number of carbonyl (C=O) groups excluding carboxylic acids is 1. The number of carbonyl (C=O) groups is 1. The molecule has 1 aromatic carbocycles. The Labute approximate surface area is 120 Å². The molecule has 20 heavy (non-hydrogen) atoms. The topological polar surface area (TPSA) is 58.6 Å². The maximum absolute atomic E-state index is 11.8. The molecular formula is C16H23NO3. The van der Waals surface area contributed by atoms with Gasteiger partial charge in [-0.2, -0.15) is 0 Å². The average Bonchev–Trinajstić information content (AvgIpc) is 2.35. The Bertz CT molecular complexity index is 435. The minimum absolute atomic E-state index is 0.0543. The number of ether oxygens (including phenoxy) is 1. The van der Waals surface area contributed by atoms with Gasteiger partial charge in [-0.05, 0) is 32.8 Å². The highest BCUT2D eigenvalue weighted by Crippen LogP contribution is 2.09. The number of aliphatic hydroxyl groups is 1. The molecule has 1 amide bonds. The molecule has 4 heteroatoms. The molecular weight excluding hydrogens is 254 g/mol. The number of aliphatic hydroxyl groups excluding tert-OH is 1. The quantitative estimate of drug-likeness (QED) is 0.813. The first-order valence-electron chi connectivity index (χ1n) is 6.71. The molecule has 0 aliphatic carbocycles. The predicted molar refractivity (Wildman–Crippen MR) is 79.5 cm³/mol. The molecule has 110 valence electrons. The fraction of sp³-hybridized carbons (Fsp3) is 0.438. The third-order valence-corrected chi connectivity index (χ3v) is 2.47. The van der Waals surface area contributed by atoms with Gasteiger partial charge in [0.05, 0.1) is 12.6 Å². The first kappa shape index (κ1) is 16.2. The van der Waals surface area contributed by atoms with E-state index in [1.807, 2.05) is 51.1 Å². The second kappa shape index (κ2) is 7.70. The molecule has 0 aliphatic rings. The van der Waals surface area contributed by atoms with Gasteiger partial charge in [0, 0.05) is 0 Å². The summed E-state index contributed by atoms with van der Waals surface area (Å²) in [6, 6.07) is 9.64. The molecule has 0 heterocycles. The second-order valence-corrected chi connectivity index (χ2v) is 5.55. The van der Waals surface area contributed by atoms with E-state index < -0.39 is 11.7 Å². The van der Waals surface area contributed by atoms with Crippen molar-refractivity contribution in [2.45, 2.75) is 38.8 Å². The van der Waals surface area contributed by atoms with Gasteiger partial charge < -0.3 is 15.2 Å². The van der Waals surface area contributed by atoms with Gasteiger partial charge in [-0.15, -0.1) is 0 Å². The Morgan fingerprint density at radius 2 is 2.00 bits per heavy atom. The highest BCUT2D eigenvalue weighted by molar-refractivity contribution is 5.68. The van der Waals surface area contributed by atoms with E-state index in [1.165, 1.54) is 0 Å². The van der Waals surface area contributed by atoms with Crippen LogP contribution in [0.5, 0.6) is 0 Å². The lowest BCUT2D eigenvalue weighted by atomic mass is 10.1. The molecule has 1 aromatic rings. The van der Waals surface area contributed by atoms with Crippen LogP contribution in [-0.2, 0) is 11.2 Å². The molecule has 4 nitrogen and oxygen atoms in total. The smallest absolute Gasteiger partial charge is 0.408 e. The summed E-state index contributed by atoms with van der Waals surface area (Å²) in [6.07, 6.45) is 3.58. The van der Waals surface area contributed by atoms with Gasteiger partial charge in [-0.3, -0.25) is 0 Å². The van der Waals surface area contributed by atoms with Crippen LogP contribution in [0.3, 0.4) is 0 Å². The first-order chi connectivity index (χ1) is 9.40. The van der Waals surface area contributed by atoms with Gasteiger partial charge in [0.15, 0.2) is 0 Å². The number of alkyl carbamates (subject to hydrolysis) is 1. The van der Waals surface area contributed by atoms with Crippen molar-refractivity contribution < 1.29 is 14.6 Å². The molecule has 0 unspecified atom stereocenters. The van der Waals surface area contributed by atoms with E-state index in [-0.39, 0.29) is 12.6 Å². The number of hydrogen-bond donors (Lipinski definition) is 2. The number of rotatable bonds is 5. The lowest BCUT2D eigenvalue weighted by molar-refractivity contribution is 0.0514.